The number of ether oxygens (including phenoxy) is 1. The van der Waals surface area contributed by atoms with Gasteiger partial charge in [0.2, 0.25) is 0 Å². The predicted octanol–water partition coefficient (Wildman–Crippen LogP) is 0.0676. The summed E-state index contributed by atoms with van der Waals surface area (Å²) < 4.78 is 5.28. The first kappa shape index (κ1) is 12.3. The van der Waals surface area contributed by atoms with Gasteiger partial charge in [0, 0.05) is 32.2 Å². The SMILES string of the molecule is CC1CC(NCC(O)CN2CCOCC2)C1. The van der Waals surface area contributed by atoms with Gasteiger partial charge in [-0.1, -0.05) is 6.92 Å². The van der Waals surface area contributed by atoms with E-state index in [-0.39, 0.29) is 6.10 Å². The summed E-state index contributed by atoms with van der Waals surface area (Å²) in [7, 11) is 0. The Morgan fingerprint density at radius 1 is 1.38 bits per heavy atom. The molecule has 1 saturated heterocycles. The minimum absolute atomic E-state index is 0.242. The largest absolute Gasteiger partial charge is 0.390 e. The number of aliphatic hydroxyl groups is 1. The Balaban J connectivity index is 1.55. The van der Waals surface area contributed by atoms with E-state index in [1.54, 1.807) is 0 Å². The third-order valence-corrected chi connectivity index (χ3v) is 3.59. The van der Waals surface area contributed by atoms with Crippen molar-refractivity contribution in [1.29, 1.82) is 0 Å². The van der Waals surface area contributed by atoms with Crippen molar-refractivity contribution in [3.63, 3.8) is 0 Å². The second-order valence-electron chi connectivity index (χ2n) is 5.25. The summed E-state index contributed by atoms with van der Waals surface area (Å²) in [6, 6.07) is 0.648. The second-order valence-corrected chi connectivity index (χ2v) is 5.25. The van der Waals surface area contributed by atoms with Gasteiger partial charge < -0.3 is 15.2 Å². The number of hydrogen-bond acceptors (Lipinski definition) is 4. The molecule has 94 valence electrons. The third kappa shape index (κ3) is 3.70. The maximum Gasteiger partial charge on any atom is 0.0791 e. The molecule has 2 rings (SSSR count). The Hall–Kier alpha value is -0.160. The molecule has 0 aromatic heterocycles. The summed E-state index contributed by atoms with van der Waals surface area (Å²) >= 11 is 0. The lowest BCUT2D eigenvalue weighted by Gasteiger charge is -2.35. The Bertz CT molecular complexity index is 201. The fourth-order valence-corrected chi connectivity index (χ4v) is 2.52. The fraction of sp³-hybridized carbons (Fsp3) is 1.00. The Kier molecular flexibility index (Phi) is 4.58. The van der Waals surface area contributed by atoms with Gasteiger partial charge in [-0.3, -0.25) is 4.90 Å². The number of rotatable bonds is 5. The lowest BCUT2D eigenvalue weighted by molar-refractivity contribution is 0.0135. The first-order valence-corrected chi connectivity index (χ1v) is 6.45. The van der Waals surface area contributed by atoms with Crippen LogP contribution in [0.2, 0.25) is 0 Å². The standard InChI is InChI=1S/C12H24N2O2/c1-10-6-11(7-10)13-8-12(15)9-14-2-4-16-5-3-14/h10-13,15H,2-9H2,1H3. The first-order valence-electron chi connectivity index (χ1n) is 6.45. The monoisotopic (exact) mass is 228 g/mol. The molecular weight excluding hydrogens is 204 g/mol. The molecule has 1 unspecified atom stereocenters. The molecule has 2 fully saturated rings. The van der Waals surface area contributed by atoms with Crippen LogP contribution in [0.1, 0.15) is 19.8 Å². The van der Waals surface area contributed by atoms with E-state index in [1.807, 2.05) is 0 Å². The quantitative estimate of drug-likeness (QED) is 0.699. The van der Waals surface area contributed by atoms with Crippen molar-refractivity contribution in [2.45, 2.75) is 31.9 Å². The molecule has 1 aliphatic heterocycles. The van der Waals surface area contributed by atoms with Crippen molar-refractivity contribution < 1.29 is 9.84 Å². The van der Waals surface area contributed by atoms with Crippen molar-refractivity contribution in [3.8, 4) is 0 Å². The molecule has 2 aliphatic rings. The van der Waals surface area contributed by atoms with E-state index in [4.69, 9.17) is 4.74 Å². The zero-order valence-electron chi connectivity index (χ0n) is 10.2. The first-order chi connectivity index (χ1) is 7.74. The van der Waals surface area contributed by atoms with E-state index < -0.39 is 0 Å². The molecular formula is C12H24N2O2. The van der Waals surface area contributed by atoms with Crippen LogP contribution in [0, 0.1) is 5.92 Å². The van der Waals surface area contributed by atoms with Crippen LogP contribution in [-0.4, -0.2) is 61.5 Å². The van der Waals surface area contributed by atoms with Gasteiger partial charge in [0.1, 0.15) is 0 Å². The second kappa shape index (κ2) is 5.96. The van der Waals surface area contributed by atoms with Crippen LogP contribution in [0.5, 0.6) is 0 Å². The highest BCUT2D eigenvalue weighted by Gasteiger charge is 2.25. The van der Waals surface area contributed by atoms with E-state index in [9.17, 15) is 5.11 Å². The van der Waals surface area contributed by atoms with Gasteiger partial charge in [0.25, 0.3) is 0 Å². The van der Waals surface area contributed by atoms with Crippen LogP contribution in [0.4, 0.5) is 0 Å². The minimum Gasteiger partial charge on any atom is -0.390 e. The molecule has 0 spiro atoms. The fourth-order valence-electron chi connectivity index (χ4n) is 2.52. The predicted molar refractivity (Wildman–Crippen MR) is 63.5 cm³/mol. The summed E-state index contributed by atoms with van der Waals surface area (Å²) in [6.45, 7) is 7.31. The van der Waals surface area contributed by atoms with Crippen molar-refractivity contribution in [2.24, 2.45) is 5.92 Å². The van der Waals surface area contributed by atoms with Gasteiger partial charge in [0.15, 0.2) is 0 Å². The maximum absolute atomic E-state index is 9.89. The third-order valence-electron chi connectivity index (χ3n) is 3.59. The summed E-state index contributed by atoms with van der Waals surface area (Å²) in [6.07, 6.45) is 2.29. The van der Waals surface area contributed by atoms with Crippen LogP contribution in [-0.2, 0) is 4.74 Å². The van der Waals surface area contributed by atoms with Gasteiger partial charge in [0.05, 0.1) is 19.3 Å². The van der Waals surface area contributed by atoms with Crippen LogP contribution >= 0.6 is 0 Å². The van der Waals surface area contributed by atoms with Gasteiger partial charge in [-0.2, -0.15) is 0 Å². The van der Waals surface area contributed by atoms with Crippen molar-refractivity contribution in [1.82, 2.24) is 10.2 Å². The van der Waals surface area contributed by atoms with Gasteiger partial charge in [-0.15, -0.1) is 0 Å². The number of hydrogen-bond donors (Lipinski definition) is 2. The van der Waals surface area contributed by atoms with E-state index in [0.717, 1.165) is 45.3 Å². The number of aliphatic hydroxyl groups excluding tert-OH is 1. The van der Waals surface area contributed by atoms with Crippen LogP contribution in [0.3, 0.4) is 0 Å². The number of nitrogens with one attached hydrogen (secondary N) is 1. The van der Waals surface area contributed by atoms with Crippen molar-refractivity contribution in [2.75, 3.05) is 39.4 Å². The zero-order chi connectivity index (χ0) is 11.4. The lowest BCUT2D eigenvalue weighted by Crippen LogP contribution is -2.47. The zero-order valence-corrected chi connectivity index (χ0v) is 10.2. The molecule has 16 heavy (non-hydrogen) atoms. The van der Waals surface area contributed by atoms with Crippen molar-refractivity contribution in [3.05, 3.63) is 0 Å². The highest BCUT2D eigenvalue weighted by atomic mass is 16.5. The Labute approximate surface area is 98.0 Å². The molecule has 1 atom stereocenters. The van der Waals surface area contributed by atoms with E-state index in [1.165, 1.54) is 12.8 Å². The average molecular weight is 228 g/mol. The molecule has 2 N–H and O–H groups in total. The molecule has 0 amide bonds. The summed E-state index contributed by atoms with van der Waals surface area (Å²) in [5.74, 6) is 0.869. The smallest absolute Gasteiger partial charge is 0.0791 e. The summed E-state index contributed by atoms with van der Waals surface area (Å²) in [4.78, 5) is 2.28. The van der Waals surface area contributed by atoms with Crippen LogP contribution in [0.15, 0.2) is 0 Å². The number of morpholine rings is 1. The number of nitrogens with zero attached hydrogens (tertiary/aromatic N) is 1. The van der Waals surface area contributed by atoms with Gasteiger partial charge >= 0.3 is 0 Å². The molecule has 0 radical (unpaired) electrons. The molecule has 0 aromatic rings. The number of β-amino-alcohol motifs (C(OH)–C–C–N with tert-alkyl or cyclic N) is 1. The maximum atomic E-state index is 9.89. The highest BCUT2D eigenvalue weighted by molar-refractivity contribution is 4.83. The minimum atomic E-state index is -0.242. The molecule has 4 heteroatoms. The summed E-state index contributed by atoms with van der Waals surface area (Å²) in [5.41, 5.74) is 0. The van der Waals surface area contributed by atoms with E-state index in [0.29, 0.717) is 6.04 Å². The Morgan fingerprint density at radius 3 is 2.69 bits per heavy atom. The van der Waals surface area contributed by atoms with E-state index in [2.05, 4.69) is 17.1 Å². The molecule has 1 heterocycles. The molecule has 1 aliphatic carbocycles. The summed E-state index contributed by atoms with van der Waals surface area (Å²) in [5, 5.41) is 13.3. The van der Waals surface area contributed by atoms with Gasteiger partial charge in [-0.05, 0) is 18.8 Å². The average Bonchev–Trinajstić information content (AvgIpc) is 2.24. The topological polar surface area (TPSA) is 44.7 Å². The normalized spacial score (nSPS) is 33.4. The molecule has 4 nitrogen and oxygen atoms in total. The highest BCUT2D eigenvalue weighted by Crippen LogP contribution is 2.25. The lowest BCUT2D eigenvalue weighted by atomic mass is 9.82. The van der Waals surface area contributed by atoms with Gasteiger partial charge in [-0.25, -0.2) is 0 Å². The van der Waals surface area contributed by atoms with Crippen LogP contribution in [0.25, 0.3) is 0 Å². The molecule has 0 aromatic carbocycles. The Morgan fingerprint density at radius 2 is 2.06 bits per heavy atom. The molecule has 1 saturated carbocycles. The van der Waals surface area contributed by atoms with Crippen LogP contribution < -0.4 is 5.32 Å². The van der Waals surface area contributed by atoms with E-state index >= 15 is 0 Å². The molecule has 0 bridgehead atoms. The van der Waals surface area contributed by atoms with Crippen molar-refractivity contribution >= 4 is 0 Å².